The number of benzene rings is 2. The van der Waals surface area contributed by atoms with Gasteiger partial charge in [-0.3, -0.25) is 0 Å². The number of urea groups is 1. The van der Waals surface area contributed by atoms with Gasteiger partial charge in [-0.2, -0.15) is 18.3 Å². The zero-order valence-corrected chi connectivity index (χ0v) is 22.6. The Kier molecular flexibility index (Phi) is 9.40. The van der Waals surface area contributed by atoms with E-state index in [4.69, 9.17) is 10.5 Å². The van der Waals surface area contributed by atoms with Gasteiger partial charge in [-0.1, -0.05) is 12.1 Å². The summed E-state index contributed by atoms with van der Waals surface area (Å²) >= 11 is 0. The molecular formula is C28H31F4N7O2. The van der Waals surface area contributed by atoms with Crippen LogP contribution in [0.25, 0.3) is 16.6 Å². The molecule has 4 rings (SSSR count). The number of carbonyl (C=O) groups excluding carboxylic acids is 1. The smallest absolute Gasteiger partial charge is 0.382 e. The molecule has 0 saturated heterocycles. The van der Waals surface area contributed by atoms with Gasteiger partial charge < -0.3 is 26.0 Å². The topological polar surface area (TPSA) is 110 Å². The number of rotatable bonds is 11. The highest BCUT2D eigenvalue weighted by Gasteiger charge is 2.31. The van der Waals surface area contributed by atoms with Crippen LogP contribution in [0.5, 0.6) is 0 Å². The standard InChI is InChI=1S/C28H31F4N7O2/c1-3-41-14-13-38(2)12-4-5-21-16-22(25-26(33)34-17-35-39(21)25)18-6-9-20(10-7-18)36-27(40)37-24-15-19(28(30,31)32)8-11-23(24)29/h6-11,15-17H,3-5,12-14H2,1-2H3,(H2,33,34,35)(H2,36,37,40). The summed E-state index contributed by atoms with van der Waals surface area (Å²) in [6.45, 7) is 5.07. The number of alkyl halides is 3. The Morgan fingerprint density at radius 1 is 1.10 bits per heavy atom. The number of nitrogens with one attached hydrogen (secondary N) is 2. The monoisotopic (exact) mass is 573 g/mol. The quantitative estimate of drug-likeness (QED) is 0.157. The summed E-state index contributed by atoms with van der Waals surface area (Å²) in [4.78, 5) is 18.7. The Morgan fingerprint density at radius 3 is 2.56 bits per heavy atom. The number of aryl methyl sites for hydroxylation is 1. The van der Waals surface area contributed by atoms with Crippen molar-refractivity contribution in [2.24, 2.45) is 0 Å². The molecule has 0 radical (unpaired) electrons. The third-order valence-corrected chi connectivity index (χ3v) is 6.45. The molecule has 0 spiro atoms. The molecule has 2 aromatic carbocycles. The summed E-state index contributed by atoms with van der Waals surface area (Å²) in [5.74, 6) is -0.670. The van der Waals surface area contributed by atoms with E-state index in [9.17, 15) is 22.4 Å². The third-order valence-electron chi connectivity index (χ3n) is 6.45. The number of hydrogen-bond donors (Lipinski definition) is 3. The molecule has 218 valence electrons. The summed E-state index contributed by atoms with van der Waals surface area (Å²) in [7, 11) is 2.05. The molecule has 0 aliphatic heterocycles. The lowest BCUT2D eigenvalue weighted by atomic mass is 10.1. The lowest BCUT2D eigenvalue weighted by Gasteiger charge is -2.16. The molecular weight excluding hydrogens is 542 g/mol. The SMILES string of the molecule is CCOCCN(C)CCCc1cc(-c2ccc(NC(=O)Nc3cc(C(F)(F)F)ccc3F)cc2)c2c(N)ncnn12. The maximum absolute atomic E-state index is 14.0. The highest BCUT2D eigenvalue weighted by atomic mass is 19.4. The Labute approximate surface area is 234 Å². The number of likely N-dealkylation sites (N-methyl/N-ethyl adjacent to an activating group) is 1. The fourth-order valence-corrected chi connectivity index (χ4v) is 4.35. The zero-order valence-electron chi connectivity index (χ0n) is 22.6. The van der Waals surface area contributed by atoms with Crippen LogP contribution in [0.2, 0.25) is 0 Å². The summed E-state index contributed by atoms with van der Waals surface area (Å²) in [5.41, 5.74) is 8.12. The molecule has 2 amide bonds. The van der Waals surface area contributed by atoms with Gasteiger partial charge in [0, 0.05) is 30.1 Å². The van der Waals surface area contributed by atoms with Crippen LogP contribution in [0.15, 0.2) is 54.9 Å². The van der Waals surface area contributed by atoms with E-state index in [-0.39, 0.29) is 0 Å². The van der Waals surface area contributed by atoms with Crippen molar-refractivity contribution < 1.29 is 27.1 Å². The van der Waals surface area contributed by atoms with E-state index in [0.717, 1.165) is 42.8 Å². The fraction of sp³-hybridized carbons (Fsp3) is 0.321. The van der Waals surface area contributed by atoms with Crippen molar-refractivity contribution in [2.45, 2.75) is 25.9 Å². The maximum Gasteiger partial charge on any atom is 0.416 e. The van der Waals surface area contributed by atoms with Crippen molar-refractivity contribution in [1.29, 1.82) is 0 Å². The zero-order chi connectivity index (χ0) is 29.6. The predicted octanol–water partition coefficient (Wildman–Crippen LogP) is 5.68. The highest BCUT2D eigenvalue weighted by Crippen LogP contribution is 2.33. The van der Waals surface area contributed by atoms with E-state index in [2.05, 4.69) is 25.6 Å². The second-order valence-corrected chi connectivity index (χ2v) is 9.41. The summed E-state index contributed by atoms with van der Waals surface area (Å²) in [5, 5.41) is 9.02. The van der Waals surface area contributed by atoms with Crippen LogP contribution >= 0.6 is 0 Å². The van der Waals surface area contributed by atoms with Crippen LogP contribution < -0.4 is 16.4 Å². The number of anilines is 3. The minimum Gasteiger partial charge on any atom is -0.382 e. The van der Waals surface area contributed by atoms with E-state index < -0.39 is 29.3 Å². The van der Waals surface area contributed by atoms with Crippen LogP contribution in [0.3, 0.4) is 0 Å². The van der Waals surface area contributed by atoms with Gasteiger partial charge >= 0.3 is 12.2 Å². The minimum absolute atomic E-state index is 0.319. The first-order valence-corrected chi connectivity index (χ1v) is 13.0. The van der Waals surface area contributed by atoms with E-state index in [1.54, 1.807) is 28.8 Å². The number of ether oxygens (including phenoxy) is 1. The Bertz CT molecular complexity index is 1490. The first-order valence-electron chi connectivity index (χ1n) is 13.0. The molecule has 4 aromatic rings. The van der Waals surface area contributed by atoms with Gasteiger partial charge in [0.15, 0.2) is 5.82 Å². The third kappa shape index (κ3) is 7.50. The number of halogens is 4. The average molecular weight is 574 g/mol. The van der Waals surface area contributed by atoms with Crippen molar-refractivity contribution in [3.05, 3.63) is 71.9 Å². The van der Waals surface area contributed by atoms with Crippen molar-refractivity contribution in [3.8, 4) is 11.1 Å². The second kappa shape index (κ2) is 13.0. The van der Waals surface area contributed by atoms with Gasteiger partial charge in [0.25, 0.3) is 0 Å². The van der Waals surface area contributed by atoms with Crippen molar-refractivity contribution in [2.75, 3.05) is 49.7 Å². The Hall–Kier alpha value is -4.23. The summed E-state index contributed by atoms with van der Waals surface area (Å²) < 4.78 is 60.1. The number of aromatic nitrogens is 3. The molecule has 0 atom stereocenters. The molecule has 2 aromatic heterocycles. The molecule has 0 aliphatic rings. The van der Waals surface area contributed by atoms with Crippen molar-refractivity contribution in [1.82, 2.24) is 19.5 Å². The number of fused-ring (bicyclic) bond motifs is 1. The molecule has 0 saturated carbocycles. The van der Waals surface area contributed by atoms with Gasteiger partial charge in [0.1, 0.15) is 17.7 Å². The van der Waals surface area contributed by atoms with Gasteiger partial charge in [-0.05, 0) is 75.3 Å². The van der Waals surface area contributed by atoms with E-state index in [1.807, 2.05) is 20.0 Å². The Balaban J connectivity index is 1.46. The average Bonchev–Trinajstić information content (AvgIpc) is 3.29. The molecule has 0 fully saturated rings. The molecule has 41 heavy (non-hydrogen) atoms. The Morgan fingerprint density at radius 2 is 1.85 bits per heavy atom. The van der Waals surface area contributed by atoms with Crippen LogP contribution in [0, 0.1) is 5.82 Å². The first kappa shape index (κ1) is 29.7. The largest absolute Gasteiger partial charge is 0.416 e. The van der Waals surface area contributed by atoms with Gasteiger partial charge in [0.05, 0.1) is 17.9 Å². The molecule has 0 aliphatic carbocycles. The van der Waals surface area contributed by atoms with Crippen LogP contribution in [-0.2, 0) is 17.3 Å². The van der Waals surface area contributed by atoms with Gasteiger partial charge in [0.2, 0.25) is 0 Å². The number of nitrogens with zero attached hydrogens (tertiary/aromatic N) is 4. The van der Waals surface area contributed by atoms with Crippen molar-refractivity contribution in [3.63, 3.8) is 0 Å². The number of nitrogen functional groups attached to an aromatic ring is 1. The van der Waals surface area contributed by atoms with Gasteiger partial charge in [-0.15, -0.1) is 0 Å². The first-order chi connectivity index (χ1) is 19.6. The summed E-state index contributed by atoms with van der Waals surface area (Å²) in [6.07, 6.45) is -1.62. The fourth-order valence-electron chi connectivity index (χ4n) is 4.35. The molecule has 2 heterocycles. The van der Waals surface area contributed by atoms with Gasteiger partial charge in [-0.25, -0.2) is 18.7 Å². The number of hydrogen-bond acceptors (Lipinski definition) is 6. The second-order valence-electron chi connectivity index (χ2n) is 9.41. The molecule has 9 nitrogen and oxygen atoms in total. The summed E-state index contributed by atoms with van der Waals surface area (Å²) in [6, 6.07) is 9.67. The lowest BCUT2D eigenvalue weighted by molar-refractivity contribution is -0.137. The normalized spacial score (nSPS) is 11.8. The maximum atomic E-state index is 14.0. The van der Waals surface area contributed by atoms with Crippen LogP contribution in [-0.4, -0.2) is 58.9 Å². The van der Waals surface area contributed by atoms with Crippen LogP contribution in [0.4, 0.5) is 39.5 Å². The number of carbonyl (C=O) groups is 1. The van der Waals surface area contributed by atoms with E-state index in [0.29, 0.717) is 48.4 Å². The minimum atomic E-state index is -4.67. The lowest BCUT2D eigenvalue weighted by Crippen LogP contribution is -2.24. The molecule has 4 N–H and O–H groups in total. The molecule has 13 heteroatoms. The predicted molar refractivity (Wildman–Crippen MR) is 149 cm³/mol. The highest BCUT2D eigenvalue weighted by molar-refractivity contribution is 6.00. The van der Waals surface area contributed by atoms with Crippen molar-refractivity contribution >= 4 is 28.7 Å². The number of nitrogens with two attached hydrogens (primary N) is 1. The molecule has 0 bridgehead atoms. The molecule has 0 unspecified atom stereocenters. The van der Waals surface area contributed by atoms with Crippen LogP contribution in [0.1, 0.15) is 24.6 Å². The number of amides is 2. The van der Waals surface area contributed by atoms with E-state index >= 15 is 0 Å². The van der Waals surface area contributed by atoms with E-state index in [1.165, 1.54) is 6.33 Å².